The van der Waals surface area contributed by atoms with Gasteiger partial charge in [0, 0.05) is 30.1 Å². The number of fused-ring (bicyclic) bond motifs is 1. The number of allylic oxidation sites excluding steroid dienone is 1. The number of aliphatic imine (C=N–C) groups is 1. The summed E-state index contributed by atoms with van der Waals surface area (Å²) in [6.45, 7) is 0. The van der Waals surface area contributed by atoms with Crippen LogP contribution in [0.5, 0.6) is 5.88 Å². The summed E-state index contributed by atoms with van der Waals surface area (Å²) in [6, 6.07) is 17.9. The smallest absolute Gasteiger partial charge is 0.231 e. The molecular formula is C19H15N3OS. The largest absolute Gasteiger partial charge is 0.492 e. The van der Waals surface area contributed by atoms with Crippen LogP contribution in [0.3, 0.4) is 0 Å². The molecule has 2 aromatic carbocycles. The van der Waals surface area contributed by atoms with Gasteiger partial charge in [-0.25, -0.2) is 0 Å². The molecule has 0 saturated carbocycles. The summed E-state index contributed by atoms with van der Waals surface area (Å²) in [5.74, 6) is 0.0445. The van der Waals surface area contributed by atoms with Crippen molar-refractivity contribution in [2.45, 2.75) is 0 Å². The van der Waals surface area contributed by atoms with Crippen LogP contribution in [0.25, 0.3) is 11.6 Å². The van der Waals surface area contributed by atoms with E-state index in [9.17, 15) is 5.11 Å². The molecule has 3 aromatic rings. The minimum Gasteiger partial charge on any atom is -0.492 e. The number of hydrogen-bond acceptors (Lipinski definition) is 5. The topological polar surface area (TPSA) is 48.7 Å². The quantitative estimate of drug-likeness (QED) is 0.743. The number of aromatic hydroxyl groups is 1. The van der Waals surface area contributed by atoms with Crippen molar-refractivity contribution >= 4 is 45.7 Å². The van der Waals surface area contributed by atoms with E-state index in [0.29, 0.717) is 0 Å². The molecule has 4 nitrogen and oxygen atoms in total. The number of hydrogen-bond donors (Lipinski definition) is 1. The highest BCUT2D eigenvalue weighted by molar-refractivity contribution is 7.16. The first-order valence-electron chi connectivity index (χ1n) is 7.56. The number of para-hydroxylation sites is 2. The van der Waals surface area contributed by atoms with Gasteiger partial charge in [0.1, 0.15) is 0 Å². The third-order valence-corrected chi connectivity index (χ3v) is 4.97. The molecule has 4 rings (SSSR count). The molecule has 0 atom stereocenters. The van der Waals surface area contributed by atoms with Crippen molar-refractivity contribution < 1.29 is 5.11 Å². The van der Waals surface area contributed by atoms with E-state index in [4.69, 9.17) is 0 Å². The van der Waals surface area contributed by atoms with Gasteiger partial charge in [-0.1, -0.05) is 47.7 Å². The van der Waals surface area contributed by atoms with Crippen molar-refractivity contribution in [1.29, 1.82) is 0 Å². The van der Waals surface area contributed by atoms with E-state index in [-0.39, 0.29) is 5.88 Å². The minimum absolute atomic E-state index is 0.0445. The van der Waals surface area contributed by atoms with Gasteiger partial charge in [-0.05, 0) is 24.3 Å². The summed E-state index contributed by atoms with van der Waals surface area (Å²) >= 11 is 1.45. The molecule has 24 heavy (non-hydrogen) atoms. The van der Waals surface area contributed by atoms with Crippen LogP contribution in [0.1, 0.15) is 10.4 Å². The molecule has 1 aromatic heterocycles. The minimum atomic E-state index is 0.0445. The second-order valence-corrected chi connectivity index (χ2v) is 6.46. The van der Waals surface area contributed by atoms with Crippen molar-refractivity contribution in [2.24, 2.45) is 4.99 Å². The Morgan fingerprint density at radius 2 is 1.79 bits per heavy atom. The summed E-state index contributed by atoms with van der Waals surface area (Å²) in [5.41, 5.74) is 4.04. The molecule has 0 fully saturated rings. The van der Waals surface area contributed by atoms with Crippen LogP contribution < -0.4 is 4.90 Å². The Morgan fingerprint density at radius 1 is 1.04 bits per heavy atom. The Hall–Kier alpha value is -2.92. The van der Waals surface area contributed by atoms with Crippen LogP contribution in [-0.2, 0) is 0 Å². The van der Waals surface area contributed by atoms with Crippen LogP contribution in [0, 0.1) is 0 Å². The lowest BCUT2D eigenvalue weighted by molar-refractivity contribution is 0.456. The number of thiazole rings is 1. The summed E-state index contributed by atoms with van der Waals surface area (Å²) in [4.78, 5) is 11.4. The Balaban J connectivity index is 1.68. The Morgan fingerprint density at radius 3 is 2.62 bits per heavy atom. The second kappa shape index (κ2) is 5.94. The number of benzene rings is 2. The molecule has 1 aliphatic heterocycles. The van der Waals surface area contributed by atoms with Gasteiger partial charge in [0.25, 0.3) is 0 Å². The molecule has 0 aliphatic carbocycles. The predicted octanol–water partition coefficient (Wildman–Crippen LogP) is 4.87. The fourth-order valence-corrected chi connectivity index (χ4v) is 3.50. The zero-order valence-electron chi connectivity index (χ0n) is 13.0. The standard InChI is InChI=1S/C19H15N3OS/c1-22(14-7-3-2-4-8-14)19-21-18(23)17(24-19)11-13-12-20-16-10-6-5-9-15(13)16/h2-12,23H,1H3/b13-11+. The molecular weight excluding hydrogens is 318 g/mol. The van der Waals surface area contributed by atoms with Gasteiger partial charge in [-0.15, -0.1) is 0 Å². The fourth-order valence-electron chi connectivity index (χ4n) is 2.61. The summed E-state index contributed by atoms with van der Waals surface area (Å²) in [6.07, 6.45) is 3.76. The molecule has 0 radical (unpaired) electrons. The first-order valence-corrected chi connectivity index (χ1v) is 8.38. The van der Waals surface area contributed by atoms with Crippen LogP contribution in [-0.4, -0.2) is 23.4 Å². The van der Waals surface area contributed by atoms with Crippen LogP contribution >= 0.6 is 11.3 Å². The predicted molar refractivity (Wildman–Crippen MR) is 101 cm³/mol. The highest BCUT2D eigenvalue weighted by Crippen LogP contribution is 2.38. The molecule has 0 bridgehead atoms. The third-order valence-electron chi connectivity index (χ3n) is 3.90. The molecule has 1 N–H and O–H groups in total. The van der Waals surface area contributed by atoms with Crippen LogP contribution in [0.4, 0.5) is 16.5 Å². The van der Waals surface area contributed by atoms with Crippen LogP contribution in [0.15, 0.2) is 59.6 Å². The molecule has 0 saturated heterocycles. The number of rotatable bonds is 3. The molecule has 118 valence electrons. The maximum Gasteiger partial charge on any atom is 0.231 e. The zero-order chi connectivity index (χ0) is 16.5. The lowest BCUT2D eigenvalue weighted by Crippen LogP contribution is -2.08. The Kier molecular flexibility index (Phi) is 3.63. The lowest BCUT2D eigenvalue weighted by atomic mass is 10.1. The highest BCUT2D eigenvalue weighted by atomic mass is 32.1. The van der Waals surface area contributed by atoms with Crippen molar-refractivity contribution in [1.82, 2.24) is 4.98 Å². The van der Waals surface area contributed by atoms with Gasteiger partial charge in [0.2, 0.25) is 5.88 Å². The van der Waals surface area contributed by atoms with E-state index < -0.39 is 0 Å². The number of anilines is 2. The van der Waals surface area contributed by atoms with Crippen molar-refractivity contribution in [3.63, 3.8) is 0 Å². The van der Waals surface area contributed by atoms with E-state index in [1.54, 1.807) is 0 Å². The van der Waals surface area contributed by atoms with Gasteiger partial charge in [0.15, 0.2) is 5.13 Å². The highest BCUT2D eigenvalue weighted by Gasteiger charge is 2.16. The van der Waals surface area contributed by atoms with Gasteiger partial charge in [-0.3, -0.25) is 4.99 Å². The van der Waals surface area contributed by atoms with Gasteiger partial charge in [-0.2, -0.15) is 4.98 Å². The van der Waals surface area contributed by atoms with E-state index in [2.05, 4.69) is 9.98 Å². The van der Waals surface area contributed by atoms with Crippen molar-refractivity contribution in [2.75, 3.05) is 11.9 Å². The van der Waals surface area contributed by atoms with Gasteiger partial charge < -0.3 is 10.0 Å². The SMILES string of the molecule is CN(c1ccccc1)c1nc(O)c(/C=C2\C=Nc3ccccc32)s1. The molecule has 5 heteroatoms. The van der Waals surface area contributed by atoms with Gasteiger partial charge in [0.05, 0.1) is 10.6 Å². The Bertz CT molecular complexity index is 944. The first-order chi connectivity index (χ1) is 11.7. The molecule has 1 aliphatic rings. The molecule has 0 unspecified atom stereocenters. The number of aromatic nitrogens is 1. The van der Waals surface area contributed by atoms with Crippen molar-refractivity contribution in [3.05, 3.63) is 65.0 Å². The lowest BCUT2D eigenvalue weighted by Gasteiger charge is -2.14. The number of nitrogens with zero attached hydrogens (tertiary/aromatic N) is 3. The Labute approximate surface area is 144 Å². The molecule has 2 heterocycles. The van der Waals surface area contributed by atoms with E-state index >= 15 is 0 Å². The van der Waals surface area contributed by atoms with Crippen LogP contribution in [0.2, 0.25) is 0 Å². The molecule has 0 spiro atoms. The van der Waals surface area contributed by atoms with E-state index in [1.165, 1.54) is 11.3 Å². The maximum absolute atomic E-state index is 10.2. The monoisotopic (exact) mass is 333 g/mol. The summed E-state index contributed by atoms with van der Waals surface area (Å²) in [7, 11) is 1.94. The first kappa shape index (κ1) is 14.7. The summed E-state index contributed by atoms with van der Waals surface area (Å²) in [5, 5.41) is 11.0. The maximum atomic E-state index is 10.2. The summed E-state index contributed by atoms with van der Waals surface area (Å²) < 4.78 is 0. The normalized spacial score (nSPS) is 14.1. The average Bonchev–Trinajstić information content (AvgIpc) is 3.20. The molecule has 0 amide bonds. The average molecular weight is 333 g/mol. The van der Waals surface area contributed by atoms with Gasteiger partial charge >= 0.3 is 0 Å². The van der Waals surface area contributed by atoms with Crippen molar-refractivity contribution in [3.8, 4) is 5.88 Å². The van der Waals surface area contributed by atoms with E-state index in [0.717, 1.165) is 32.5 Å². The van der Waals surface area contributed by atoms with E-state index in [1.807, 2.05) is 78.8 Å². The third kappa shape index (κ3) is 2.59. The second-order valence-electron chi connectivity index (χ2n) is 5.45. The fraction of sp³-hybridized carbons (Fsp3) is 0.0526. The zero-order valence-corrected chi connectivity index (χ0v) is 13.9.